The van der Waals surface area contributed by atoms with E-state index in [9.17, 15) is 14.0 Å². The Morgan fingerprint density at radius 2 is 2.00 bits per heavy atom. The minimum absolute atomic E-state index is 0.0217. The predicted octanol–water partition coefficient (Wildman–Crippen LogP) is 2.71. The third-order valence-corrected chi connectivity index (χ3v) is 4.42. The fourth-order valence-corrected chi connectivity index (χ4v) is 3.14. The number of amides is 2. The van der Waals surface area contributed by atoms with Gasteiger partial charge < -0.3 is 4.90 Å². The number of hydrogen-bond donors (Lipinski definition) is 0. The molecule has 23 heavy (non-hydrogen) atoms. The van der Waals surface area contributed by atoms with Gasteiger partial charge in [-0.25, -0.2) is 9.38 Å². The molecule has 3 rings (SSSR count). The number of likely N-dealkylation sites (tertiary alicyclic amines) is 1. The molecule has 1 saturated heterocycles. The number of halogens is 1. The lowest BCUT2D eigenvalue weighted by atomic mass is 9.94. The Kier molecular flexibility index (Phi) is 4.65. The van der Waals surface area contributed by atoms with Crippen LogP contribution in [0, 0.1) is 11.7 Å². The smallest absolute Gasteiger partial charge is 0.269 e. The lowest BCUT2D eigenvalue weighted by Crippen LogP contribution is -2.39. The Hall–Kier alpha value is -2.30. The van der Waals surface area contributed by atoms with Crippen LogP contribution in [0.1, 0.15) is 30.7 Å². The Morgan fingerprint density at radius 1 is 1.22 bits per heavy atom. The molecule has 1 aromatic rings. The van der Waals surface area contributed by atoms with Crippen LogP contribution in [0.3, 0.4) is 0 Å². The van der Waals surface area contributed by atoms with E-state index in [0.717, 1.165) is 24.8 Å². The summed E-state index contributed by atoms with van der Waals surface area (Å²) in [5.41, 5.74) is 1.06. The topological polar surface area (TPSA) is 49.7 Å². The molecule has 0 saturated carbocycles. The monoisotopic (exact) mass is 314 g/mol. The van der Waals surface area contributed by atoms with E-state index in [4.69, 9.17) is 0 Å². The number of carbonyl (C=O) groups excluding carboxylic acids is 2. The summed E-state index contributed by atoms with van der Waals surface area (Å²) >= 11 is 0. The highest BCUT2D eigenvalue weighted by Crippen LogP contribution is 2.27. The maximum Gasteiger partial charge on any atom is 0.269 e. The van der Waals surface area contributed by atoms with Crippen LogP contribution in [0.5, 0.6) is 0 Å². The van der Waals surface area contributed by atoms with Crippen molar-refractivity contribution in [3.05, 3.63) is 47.8 Å². The Bertz CT molecular complexity index is 635. The molecule has 0 bridgehead atoms. The second-order valence-corrected chi connectivity index (χ2v) is 6.03. The third-order valence-electron chi connectivity index (χ3n) is 4.42. The predicted molar refractivity (Wildman–Crippen MR) is 85.7 cm³/mol. The van der Waals surface area contributed by atoms with Crippen molar-refractivity contribution in [3.63, 3.8) is 0 Å². The number of aliphatic imine (C=N–C) groups is 1. The van der Waals surface area contributed by atoms with Crippen LogP contribution in [-0.4, -0.2) is 36.0 Å². The molecular weight excluding hydrogens is 295 g/mol. The first-order valence-electron chi connectivity index (χ1n) is 7.94. The summed E-state index contributed by atoms with van der Waals surface area (Å²) in [6.07, 6.45) is 7.35. The van der Waals surface area contributed by atoms with Crippen molar-refractivity contribution < 1.29 is 14.0 Å². The van der Waals surface area contributed by atoms with Crippen molar-refractivity contribution in [2.24, 2.45) is 10.9 Å². The SMILES string of the molecule is O=C1C=CC(C(=O)N2CCCCC(c3ccc(F)cc3)C2)C=N1. The van der Waals surface area contributed by atoms with E-state index in [1.165, 1.54) is 24.4 Å². The van der Waals surface area contributed by atoms with E-state index in [1.807, 2.05) is 4.90 Å². The molecule has 2 aliphatic heterocycles. The molecule has 120 valence electrons. The standard InChI is InChI=1S/C18H19FN2O2/c19-16-7-4-13(5-8-16)15-3-1-2-10-21(12-15)18(23)14-6-9-17(22)20-11-14/h4-9,11,14-15H,1-3,10,12H2. The van der Waals surface area contributed by atoms with Gasteiger partial charge in [-0.05, 0) is 30.5 Å². The lowest BCUT2D eigenvalue weighted by molar-refractivity contribution is -0.132. The minimum atomic E-state index is -0.459. The van der Waals surface area contributed by atoms with Crippen LogP contribution in [0.15, 0.2) is 41.4 Å². The van der Waals surface area contributed by atoms with Crippen LogP contribution in [0.25, 0.3) is 0 Å². The van der Waals surface area contributed by atoms with Gasteiger partial charge in [0.25, 0.3) is 5.91 Å². The van der Waals surface area contributed by atoms with Gasteiger partial charge in [0.1, 0.15) is 5.82 Å². The number of carbonyl (C=O) groups is 2. The van der Waals surface area contributed by atoms with E-state index in [2.05, 4.69) is 4.99 Å². The molecule has 0 radical (unpaired) electrons. The highest BCUT2D eigenvalue weighted by atomic mass is 19.1. The number of benzene rings is 1. The Morgan fingerprint density at radius 3 is 2.70 bits per heavy atom. The lowest BCUT2D eigenvalue weighted by Gasteiger charge is -2.27. The van der Waals surface area contributed by atoms with Crippen molar-refractivity contribution in [1.82, 2.24) is 4.90 Å². The zero-order chi connectivity index (χ0) is 16.2. The van der Waals surface area contributed by atoms with Gasteiger partial charge in [-0.1, -0.05) is 24.6 Å². The van der Waals surface area contributed by atoms with Gasteiger partial charge in [-0.15, -0.1) is 0 Å². The van der Waals surface area contributed by atoms with Crippen LogP contribution in [-0.2, 0) is 9.59 Å². The largest absolute Gasteiger partial charge is 0.341 e. The van der Waals surface area contributed by atoms with Gasteiger partial charge in [0.15, 0.2) is 0 Å². The zero-order valence-electron chi connectivity index (χ0n) is 12.8. The molecule has 5 heteroatoms. The fourth-order valence-electron chi connectivity index (χ4n) is 3.14. The fraction of sp³-hybridized carbons (Fsp3) is 0.389. The van der Waals surface area contributed by atoms with Crippen molar-refractivity contribution in [3.8, 4) is 0 Å². The average molecular weight is 314 g/mol. The maximum absolute atomic E-state index is 13.1. The molecule has 4 nitrogen and oxygen atoms in total. The number of dihydropyridines is 1. The quantitative estimate of drug-likeness (QED) is 0.843. The third kappa shape index (κ3) is 3.73. The van der Waals surface area contributed by atoms with Gasteiger partial charge >= 0.3 is 0 Å². The summed E-state index contributed by atoms with van der Waals surface area (Å²) < 4.78 is 13.1. The highest BCUT2D eigenvalue weighted by Gasteiger charge is 2.27. The van der Waals surface area contributed by atoms with E-state index in [-0.39, 0.29) is 23.5 Å². The molecule has 0 spiro atoms. The molecule has 0 aliphatic carbocycles. The summed E-state index contributed by atoms with van der Waals surface area (Å²) in [5, 5.41) is 0. The Balaban J connectivity index is 1.73. The minimum Gasteiger partial charge on any atom is -0.341 e. The highest BCUT2D eigenvalue weighted by molar-refractivity contribution is 6.05. The van der Waals surface area contributed by atoms with E-state index in [0.29, 0.717) is 13.1 Å². The Labute approximate surface area is 134 Å². The normalized spacial score (nSPS) is 24.6. The summed E-state index contributed by atoms with van der Waals surface area (Å²) in [6.45, 7) is 1.33. The first-order valence-corrected chi connectivity index (χ1v) is 7.94. The second kappa shape index (κ2) is 6.86. The molecular formula is C18H19FN2O2. The van der Waals surface area contributed by atoms with Gasteiger partial charge in [-0.3, -0.25) is 9.59 Å². The number of rotatable bonds is 2. The average Bonchev–Trinajstić information content (AvgIpc) is 2.82. The van der Waals surface area contributed by atoms with Crippen LogP contribution < -0.4 is 0 Å². The second-order valence-electron chi connectivity index (χ2n) is 6.03. The van der Waals surface area contributed by atoms with Crippen LogP contribution >= 0.6 is 0 Å². The molecule has 2 unspecified atom stereocenters. The van der Waals surface area contributed by atoms with Crippen LogP contribution in [0.4, 0.5) is 4.39 Å². The molecule has 2 aliphatic rings. The molecule has 2 atom stereocenters. The molecule has 2 heterocycles. The van der Waals surface area contributed by atoms with Crippen molar-refractivity contribution in [2.75, 3.05) is 13.1 Å². The van der Waals surface area contributed by atoms with E-state index in [1.54, 1.807) is 18.2 Å². The molecule has 0 N–H and O–H groups in total. The van der Waals surface area contributed by atoms with Crippen molar-refractivity contribution in [2.45, 2.75) is 25.2 Å². The van der Waals surface area contributed by atoms with Crippen LogP contribution in [0.2, 0.25) is 0 Å². The molecule has 1 aromatic carbocycles. The number of hydrogen-bond acceptors (Lipinski definition) is 2. The summed E-state index contributed by atoms with van der Waals surface area (Å²) in [4.78, 5) is 29.3. The first-order chi connectivity index (χ1) is 11.1. The molecule has 2 amide bonds. The van der Waals surface area contributed by atoms with E-state index < -0.39 is 5.92 Å². The van der Waals surface area contributed by atoms with Gasteiger partial charge in [-0.2, -0.15) is 0 Å². The van der Waals surface area contributed by atoms with E-state index >= 15 is 0 Å². The van der Waals surface area contributed by atoms with Crippen molar-refractivity contribution >= 4 is 18.0 Å². The van der Waals surface area contributed by atoms with Gasteiger partial charge in [0.05, 0.1) is 5.92 Å². The molecule has 0 aromatic heterocycles. The summed E-state index contributed by atoms with van der Waals surface area (Å²) in [7, 11) is 0. The zero-order valence-corrected chi connectivity index (χ0v) is 12.8. The van der Waals surface area contributed by atoms with Gasteiger partial charge in [0, 0.05) is 31.3 Å². The first kappa shape index (κ1) is 15.6. The molecule has 1 fully saturated rings. The summed E-state index contributed by atoms with van der Waals surface area (Å²) in [5.74, 6) is -0.836. The van der Waals surface area contributed by atoms with Gasteiger partial charge in [0.2, 0.25) is 5.91 Å². The summed E-state index contributed by atoms with van der Waals surface area (Å²) in [6, 6.07) is 6.53. The number of nitrogens with zero attached hydrogens (tertiary/aromatic N) is 2. The van der Waals surface area contributed by atoms with Crippen molar-refractivity contribution in [1.29, 1.82) is 0 Å². The maximum atomic E-state index is 13.1.